The van der Waals surface area contributed by atoms with E-state index in [9.17, 15) is 0 Å². The standard InChI is InChI=1S/C13H22N2/c1-4-15(9-8-14)12(3)13-7-5-6-11(2)10-13/h5-7,10,12H,4,8-9,14H2,1-3H3. The third kappa shape index (κ3) is 3.33. The second-order valence-corrected chi connectivity index (χ2v) is 4.01. The highest BCUT2D eigenvalue weighted by Crippen LogP contribution is 2.20. The Bertz CT molecular complexity index is 296. The molecular weight excluding hydrogens is 184 g/mol. The SMILES string of the molecule is CCN(CCN)C(C)c1cccc(C)c1. The first-order chi connectivity index (χ1) is 7.19. The zero-order valence-electron chi connectivity index (χ0n) is 10.0. The summed E-state index contributed by atoms with van der Waals surface area (Å²) in [7, 11) is 0. The first kappa shape index (κ1) is 12.2. The number of benzene rings is 1. The summed E-state index contributed by atoms with van der Waals surface area (Å²) in [6.07, 6.45) is 0. The Balaban J connectivity index is 2.77. The van der Waals surface area contributed by atoms with Gasteiger partial charge in [-0.25, -0.2) is 0 Å². The van der Waals surface area contributed by atoms with Crippen LogP contribution in [0.25, 0.3) is 0 Å². The van der Waals surface area contributed by atoms with Crippen molar-refractivity contribution in [1.29, 1.82) is 0 Å². The largest absolute Gasteiger partial charge is 0.329 e. The van der Waals surface area contributed by atoms with Crippen molar-refractivity contribution >= 4 is 0 Å². The van der Waals surface area contributed by atoms with Gasteiger partial charge in [-0.15, -0.1) is 0 Å². The number of hydrogen-bond donors (Lipinski definition) is 1. The fourth-order valence-electron chi connectivity index (χ4n) is 1.93. The molecule has 0 aliphatic rings. The van der Waals surface area contributed by atoms with Crippen LogP contribution in [0.2, 0.25) is 0 Å². The van der Waals surface area contributed by atoms with E-state index in [1.54, 1.807) is 0 Å². The molecule has 0 fully saturated rings. The van der Waals surface area contributed by atoms with E-state index in [2.05, 4.69) is 49.9 Å². The maximum atomic E-state index is 5.61. The zero-order chi connectivity index (χ0) is 11.3. The second-order valence-electron chi connectivity index (χ2n) is 4.01. The highest BCUT2D eigenvalue weighted by atomic mass is 15.1. The van der Waals surface area contributed by atoms with E-state index >= 15 is 0 Å². The van der Waals surface area contributed by atoms with E-state index in [1.807, 2.05) is 0 Å². The molecule has 0 radical (unpaired) electrons. The van der Waals surface area contributed by atoms with Crippen LogP contribution in [0.3, 0.4) is 0 Å². The first-order valence-corrected chi connectivity index (χ1v) is 5.69. The molecule has 0 amide bonds. The van der Waals surface area contributed by atoms with E-state index in [-0.39, 0.29) is 0 Å². The highest BCUT2D eigenvalue weighted by molar-refractivity contribution is 5.24. The number of nitrogens with two attached hydrogens (primary N) is 1. The molecular formula is C13H22N2. The van der Waals surface area contributed by atoms with Gasteiger partial charge in [0, 0.05) is 19.1 Å². The van der Waals surface area contributed by atoms with Gasteiger partial charge in [0.2, 0.25) is 0 Å². The molecule has 0 bridgehead atoms. The summed E-state index contributed by atoms with van der Waals surface area (Å²) in [5.41, 5.74) is 8.31. The first-order valence-electron chi connectivity index (χ1n) is 5.69. The molecule has 1 atom stereocenters. The lowest BCUT2D eigenvalue weighted by molar-refractivity contribution is 0.228. The summed E-state index contributed by atoms with van der Waals surface area (Å²) in [4.78, 5) is 2.40. The summed E-state index contributed by atoms with van der Waals surface area (Å²) in [6.45, 7) is 9.30. The molecule has 84 valence electrons. The Morgan fingerprint density at radius 1 is 1.40 bits per heavy atom. The van der Waals surface area contributed by atoms with Crippen LogP contribution in [-0.2, 0) is 0 Å². The fourth-order valence-corrected chi connectivity index (χ4v) is 1.93. The predicted octanol–water partition coefficient (Wildman–Crippen LogP) is 2.34. The lowest BCUT2D eigenvalue weighted by Crippen LogP contribution is -2.31. The van der Waals surface area contributed by atoms with E-state index in [0.717, 1.165) is 19.6 Å². The number of rotatable bonds is 5. The summed E-state index contributed by atoms with van der Waals surface area (Å²) >= 11 is 0. The van der Waals surface area contributed by atoms with Crippen LogP contribution in [0, 0.1) is 6.92 Å². The van der Waals surface area contributed by atoms with Crippen molar-refractivity contribution in [3.63, 3.8) is 0 Å². The minimum Gasteiger partial charge on any atom is -0.329 e. The number of hydrogen-bond acceptors (Lipinski definition) is 2. The van der Waals surface area contributed by atoms with Gasteiger partial charge in [0.25, 0.3) is 0 Å². The van der Waals surface area contributed by atoms with Crippen LogP contribution in [0.15, 0.2) is 24.3 Å². The Kier molecular flexibility index (Phi) is 4.79. The van der Waals surface area contributed by atoms with Crippen LogP contribution in [0.4, 0.5) is 0 Å². The van der Waals surface area contributed by atoms with Gasteiger partial charge in [-0.05, 0) is 26.0 Å². The van der Waals surface area contributed by atoms with Crippen LogP contribution >= 0.6 is 0 Å². The third-order valence-corrected chi connectivity index (χ3v) is 2.89. The molecule has 1 aromatic carbocycles. The molecule has 0 saturated heterocycles. The minimum atomic E-state index is 0.457. The molecule has 15 heavy (non-hydrogen) atoms. The van der Waals surface area contributed by atoms with Crippen LogP contribution in [0.1, 0.15) is 31.0 Å². The van der Waals surface area contributed by atoms with Gasteiger partial charge >= 0.3 is 0 Å². The van der Waals surface area contributed by atoms with Crippen molar-refractivity contribution in [1.82, 2.24) is 4.90 Å². The predicted molar refractivity (Wildman–Crippen MR) is 65.9 cm³/mol. The molecule has 0 aromatic heterocycles. The van der Waals surface area contributed by atoms with Crippen molar-refractivity contribution in [3.8, 4) is 0 Å². The van der Waals surface area contributed by atoms with Crippen molar-refractivity contribution in [3.05, 3.63) is 35.4 Å². The Morgan fingerprint density at radius 2 is 2.13 bits per heavy atom. The van der Waals surface area contributed by atoms with Crippen LogP contribution < -0.4 is 5.73 Å². The molecule has 0 heterocycles. The van der Waals surface area contributed by atoms with Gasteiger partial charge in [-0.2, -0.15) is 0 Å². The van der Waals surface area contributed by atoms with E-state index in [1.165, 1.54) is 11.1 Å². The van der Waals surface area contributed by atoms with Crippen LogP contribution in [-0.4, -0.2) is 24.5 Å². The third-order valence-electron chi connectivity index (χ3n) is 2.89. The average Bonchev–Trinajstić information content (AvgIpc) is 2.25. The quantitative estimate of drug-likeness (QED) is 0.801. The Hall–Kier alpha value is -0.860. The van der Waals surface area contributed by atoms with Gasteiger partial charge in [0.05, 0.1) is 0 Å². The van der Waals surface area contributed by atoms with E-state index in [0.29, 0.717) is 6.04 Å². The molecule has 2 nitrogen and oxygen atoms in total. The van der Waals surface area contributed by atoms with E-state index < -0.39 is 0 Å². The van der Waals surface area contributed by atoms with Crippen molar-refractivity contribution in [2.24, 2.45) is 5.73 Å². The fraction of sp³-hybridized carbons (Fsp3) is 0.538. The Morgan fingerprint density at radius 3 is 2.67 bits per heavy atom. The summed E-state index contributed by atoms with van der Waals surface area (Å²) in [5, 5.41) is 0. The van der Waals surface area contributed by atoms with Crippen LogP contribution in [0.5, 0.6) is 0 Å². The lowest BCUT2D eigenvalue weighted by atomic mass is 10.0. The molecule has 1 aromatic rings. The lowest BCUT2D eigenvalue weighted by Gasteiger charge is -2.27. The van der Waals surface area contributed by atoms with Gasteiger partial charge in [0.1, 0.15) is 0 Å². The number of likely N-dealkylation sites (N-methyl/N-ethyl adjacent to an activating group) is 1. The summed E-state index contributed by atoms with van der Waals surface area (Å²) in [6, 6.07) is 9.16. The zero-order valence-corrected chi connectivity index (χ0v) is 10.0. The summed E-state index contributed by atoms with van der Waals surface area (Å²) in [5.74, 6) is 0. The monoisotopic (exact) mass is 206 g/mol. The highest BCUT2D eigenvalue weighted by Gasteiger charge is 2.12. The van der Waals surface area contributed by atoms with Crippen molar-refractivity contribution in [2.45, 2.75) is 26.8 Å². The van der Waals surface area contributed by atoms with Gasteiger partial charge in [0.15, 0.2) is 0 Å². The maximum absolute atomic E-state index is 5.61. The molecule has 1 rings (SSSR count). The average molecular weight is 206 g/mol. The molecule has 1 unspecified atom stereocenters. The molecule has 0 aliphatic heterocycles. The van der Waals surface area contributed by atoms with Gasteiger partial charge in [-0.3, -0.25) is 4.90 Å². The minimum absolute atomic E-state index is 0.457. The molecule has 2 N–H and O–H groups in total. The smallest absolute Gasteiger partial charge is 0.0320 e. The second kappa shape index (κ2) is 5.89. The number of nitrogens with zero attached hydrogens (tertiary/aromatic N) is 1. The van der Waals surface area contributed by atoms with Gasteiger partial charge < -0.3 is 5.73 Å². The molecule has 0 aliphatic carbocycles. The normalized spacial score (nSPS) is 13.1. The Labute approximate surface area is 93.1 Å². The number of aryl methyl sites for hydroxylation is 1. The molecule has 0 saturated carbocycles. The topological polar surface area (TPSA) is 29.3 Å². The molecule has 0 spiro atoms. The summed E-state index contributed by atoms with van der Waals surface area (Å²) < 4.78 is 0. The van der Waals surface area contributed by atoms with Crippen molar-refractivity contribution in [2.75, 3.05) is 19.6 Å². The molecule has 2 heteroatoms. The van der Waals surface area contributed by atoms with E-state index in [4.69, 9.17) is 5.73 Å². The van der Waals surface area contributed by atoms with Crippen molar-refractivity contribution < 1.29 is 0 Å². The maximum Gasteiger partial charge on any atom is 0.0320 e. The van der Waals surface area contributed by atoms with Gasteiger partial charge in [-0.1, -0.05) is 36.8 Å².